The second-order valence-electron chi connectivity index (χ2n) is 5.88. The molecular formula is C14H19N3S. The molecule has 4 heteroatoms. The molecule has 0 saturated carbocycles. The van der Waals surface area contributed by atoms with E-state index < -0.39 is 0 Å². The largest absolute Gasteiger partial charge is 0.355 e. The highest BCUT2D eigenvalue weighted by Crippen LogP contribution is 2.34. The van der Waals surface area contributed by atoms with E-state index in [-0.39, 0.29) is 4.75 Å². The van der Waals surface area contributed by atoms with Crippen LogP contribution < -0.4 is 4.90 Å². The molecule has 0 bridgehead atoms. The fourth-order valence-corrected chi connectivity index (χ4v) is 3.04. The minimum absolute atomic E-state index is 0.140. The van der Waals surface area contributed by atoms with Crippen LogP contribution in [0, 0.1) is 17.2 Å². The number of hydrogen-bond acceptors (Lipinski definition) is 4. The smallest absolute Gasteiger partial charge is 0.146 e. The zero-order chi connectivity index (χ0) is 13.3. The molecule has 1 aliphatic rings. The van der Waals surface area contributed by atoms with E-state index in [9.17, 15) is 5.26 Å². The van der Waals surface area contributed by atoms with E-state index in [1.54, 1.807) is 11.8 Å². The fraction of sp³-hybridized carbons (Fsp3) is 0.571. The van der Waals surface area contributed by atoms with Crippen molar-refractivity contribution in [3.05, 3.63) is 17.8 Å². The normalized spacial score (nSPS) is 16.3. The Labute approximate surface area is 113 Å². The van der Waals surface area contributed by atoms with Gasteiger partial charge in [0.05, 0.1) is 5.56 Å². The lowest BCUT2D eigenvalue weighted by Gasteiger charge is -2.38. The second-order valence-corrected chi connectivity index (χ2v) is 7.78. The van der Waals surface area contributed by atoms with Crippen LogP contribution in [0.25, 0.3) is 0 Å². The van der Waals surface area contributed by atoms with E-state index in [1.807, 2.05) is 12.3 Å². The third-order valence-electron chi connectivity index (χ3n) is 2.75. The Bertz CT molecular complexity index is 479. The van der Waals surface area contributed by atoms with Gasteiger partial charge in [-0.25, -0.2) is 4.98 Å². The van der Waals surface area contributed by atoms with Crippen molar-refractivity contribution in [2.24, 2.45) is 5.92 Å². The molecule has 3 nitrogen and oxygen atoms in total. The minimum Gasteiger partial charge on any atom is -0.355 e. The van der Waals surface area contributed by atoms with Gasteiger partial charge >= 0.3 is 0 Å². The molecule has 2 heterocycles. The first-order valence-corrected chi connectivity index (χ1v) is 7.05. The Morgan fingerprint density at radius 3 is 2.61 bits per heavy atom. The standard InChI is InChI=1S/C14H19N3S/c1-10-8-17(9-10)13-11(6-15)5-12(7-16-13)18-14(2,3)4/h5,7,10H,8-9H2,1-4H3. The number of thioether (sulfide) groups is 1. The third kappa shape index (κ3) is 2.97. The molecule has 1 aromatic heterocycles. The molecule has 0 N–H and O–H groups in total. The monoisotopic (exact) mass is 261 g/mol. The Morgan fingerprint density at radius 2 is 2.11 bits per heavy atom. The maximum Gasteiger partial charge on any atom is 0.146 e. The molecule has 1 saturated heterocycles. The molecule has 0 unspecified atom stereocenters. The van der Waals surface area contributed by atoms with Crippen LogP contribution in [0.4, 0.5) is 5.82 Å². The molecule has 0 radical (unpaired) electrons. The molecule has 1 aromatic rings. The zero-order valence-corrected chi connectivity index (χ0v) is 12.2. The number of hydrogen-bond donors (Lipinski definition) is 0. The summed E-state index contributed by atoms with van der Waals surface area (Å²) in [5.74, 6) is 1.55. The maximum absolute atomic E-state index is 9.25. The lowest BCUT2D eigenvalue weighted by atomic mass is 10.0. The summed E-state index contributed by atoms with van der Waals surface area (Å²) in [6, 6.07) is 4.23. The number of anilines is 1. The molecule has 0 spiro atoms. The van der Waals surface area contributed by atoms with Crippen molar-refractivity contribution < 1.29 is 0 Å². The van der Waals surface area contributed by atoms with Gasteiger partial charge < -0.3 is 4.90 Å². The highest BCUT2D eigenvalue weighted by Gasteiger charge is 2.26. The van der Waals surface area contributed by atoms with Crippen molar-refractivity contribution in [1.82, 2.24) is 4.98 Å². The highest BCUT2D eigenvalue weighted by atomic mass is 32.2. The summed E-state index contributed by atoms with van der Waals surface area (Å²) in [7, 11) is 0. The van der Waals surface area contributed by atoms with E-state index in [2.05, 4.69) is 43.6 Å². The molecule has 0 amide bonds. The fourth-order valence-electron chi connectivity index (χ4n) is 2.05. The molecule has 1 aliphatic heterocycles. The molecule has 0 atom stereocenters. The predicted octanol–water partition coefficient (Wildman–Crippen LogP) is 3.30. The number of rotatable bonds is 2. The van der Waals surface area contributed by atoms with Crippen molar-refractivity contribution in [1.29, 1.82) is 5.26 Å². The van der Waals surface area contributed by atoms with E-state index in [4.69, 9.17) is 0 Å². The van der Waals surface area contributed by atoms with Crippen LogP contribution in [0.15, 0.2) is 17.2 Å². The molecule has 0 aromatic carbocycles. The Hall–Kier alpha value is -1.21. The molecular weight excluding hydrogens is 242 g/mol. The summed E-state index contributed by atoms with van der Waals surface area (Å²) in [5.41, 5.74) is 0.691. The van der Waals surface area contributed by atoms with E-state index in [0.29, 0.717) is 11.5 Å². The number of pyridine rings is 1. The van der Waals surface area contributed by atoms with Gasteiger partial charge in [0.1, 0.15) is 11.9 Å². The number of nitrogens with zero attached hydrogens (tertiary/aromatic N) is 3. The van der Waals surface area contributed by atoms with Crippen molar-refractivity contribution in [3.8, 4) is 6.07 Å². The summed E-state index contributed by atoms with van der Waals surface area (Å²) in [4.78, 5) is 7.71. The Morgan fingerprint density at radius 1 is 1.44 bits per heavy atom. The van der Waals surface area contributed by atoms with Crippen LogP contribution in [0.5, 0.6) is 0 Å². The summed E-state index contributed by atoms with van der Waals surface area (Å²) in [6.07, 6.45) is 1.88. The van der Waals surface area contributed by atoms with Crippen LogP contribution in [0.3, 0.4) is 0 Å². The SMILES string of the molecule is CC1CN(c2ncc(SC(C)(C)C)cc2C#N)C1. The topological polar surface area (TPSA) is 39.9 Å². The summed E-state index contributed by atoms with van der Waals surface area (Å²) >= 11 is 1.74. The van der Waals surface area contributed by atoms with Crippen LogP contribution in [-0.4, -0.2) is 22.8 Å². The Kier molecular flexibility index (Phi) is 3.54. The van der Waals surface area contributed by atoms with E-state index in [0.717, 1.165) is 23.8 Å². The summed E-state index contributed by atoms with van der Waals surface area (Å²) < 4.78 is 0.140. The molecule has 1 fully saturated rings. The van der Waals surface area contributed by atoms with Gasteiger partial charge in [-0.2, -0.15) is 5.26 Å². The van der Waals surface area contributed by atoms with Crippen LogP contribution in [-0.2, 0) is 0 Å². The molecule has 2 rings (SSSR count). The first-order valence-electron chi connectivity index (χ1n) is 6.23. The second kappa shape index (κ2) is 4.81. The van der Waals surface area contributed by atoms with E-state index >= 15 is 0 Å². The number of nitriles is 1. The average molecular weight is 261 g/mol. The highest BCUT2D eigenvalue weighted by molar-refractivity contribution is 8.00. The van der Waals surface area contributed by atoms with Gasteiger partial charge in [0.15, 0.2) is 0 Å². The van der Waals surface area contributed by atoms with Gasteiger partial charge in [0.25, 0.3) is 0 Å². The van der Waals surface area contributed by atoms with Gasteiger partial charge in [-0.1, -0.05) is 27.7 Å². The lowest BCUT2D eigenvalue weighted by Crippen LogP contribution is -2.46. The lowest BCUT2D eigenvalue weighted by molar-refractivity contribution is 0.443. The van der Waals surface area contributed by atoms with Gasteiger partial charge in [0, 0.05) is 28.9 Å². The minimum atomic E-state index is 0.140. The van der Waals surface area contributed by atoms with Crippen LogP contribution >= 0.6 is 11.8 Å². The molecule has 18 heavy (non-hydrogen) atoms. The third-order valence-corrected chi connectivity index (χ3v) is 3.82. The first-order chi connectivity index (χ1) is 8.39. The van der Waals surface area contributed by atoms with E-state index in [1.165, 1.54) is 0 Å². The molecule has 0 aliphatic carbocycles. The molecule has 96 valence electrons. The predicted molar refractivity (Wildman–Crippen MR) is 75.9 cm³/mol. The van der Waals surface area contributed by atoms with Crippen molar-refractivity contribution in [2.75, 3.05) is 18.0 Å². The van der Waals surface area contributed by atoms with Crippen molar-refractivity contribution >= 4 is 17.6 Å². The number of aromatic nitrogens is 1. The van der Waals surface area contributed by atoms with Gasteiger partial charge in [-0.3, -0.25) is 0 Å². The van der Waals surface area contributed by atoms with Gasteiger partial charge in [-0.15, -0.1) is 11.8 Å². The quantitative estimate of drug-likeness (QED) is 0.766. The van der Waals surface area contributed by atoms with Crippen molar-refractivity contribution in [2.45, 2.75) is 37.3 Å². The van der Waals surface area contributed by atoms with Crippen molar-refractivity contribution in [3.63, 3.8) is 0 Å². The van der Waals surface area contributed by atoms with Gasteiger partial charge in [-0.05, 0) is 12.0 Å². The zero-order valence-electron chi connectivity index (χ0n) is 11.4. The first kappa shape index (κ1) is 13.2. The summed E-state index contributed by atoms with van der Waals surface area (Å²) in [6.45, 7) is 10.7. The van der Waals surface area contributed by atoms with Gasteiger partial charge in [0.2, 0.25) is 0 Å². The van der Waals surface area contributed by atoms with Crippen LogP contribution in [0.1, 0.15) is 33.3 Å². The van der Waals surface area contributed by atoms with Crippen LogP contribution in [0.2, 0.25) is 0 Å². The average Bonchev–Trinajstić information content (AvgIpc) is 2.23. The maximum atomic E-state index is 9.25. The summed E-state index contributed by atoms with van der Waals surface area (Å²) in [5, 5.41) is 9.25. The Balaban J connectivity index is 2.22.